The van der Waals surface area contributed by atoms with Crippen molar-refractivity contribution in [2.24, 2.45) is 5.92 Å². The highest BCUT2D eigenvalue weighted by Gasteiger charge is 2.37. The monoisotopic (exact) mass is 367 g/mol. The van der Waals surface area contributed by atoms with Crippen molar-refractivity contribution in [3.05, 3.63) is 66.0 Å². The number of carbonyl (C=O) groups is 1. The third-order valence-corrected chi connectivity index (χ3v) is 5.30. The number of methoxy groups -OCH3 is 1. The van der Waals surface area contributed by atoms with Crippen LogP contribution in [0.4, 0.5) is 0 Å². The number of amides is 1. The molecule has 0 aliphatic carbocycles. The molecule has 5 nitrogen and oxygen atoms in total. The first kappa shape index (κ1) is 19.5. The van der Waals surface area contributed by atoms with Crippen LogP contribution in [0.2, 0.25) is 0 Å². The molecule has 0 spiro atoms. The lowest BCUT2D eigenvalue weighted by atomic mass is 9.87. The fourth-order valence-electron chi connectivity index (χ4n) is 3.95. The van der Waals surface area contributed by atoms with Gasteiger partial charge >= 0.3 is 0 Å². The second kappa shape index (κ2) is 9.62. The average Bonchev–Trinajstić information content (AvgIpc) is 2.70. The second-order valence-electron chi connectivity index (χ2n) is 7.28. The van der Waals surface area contributed by atoms with Crippen LogP contribution in [0.3, 0.4) is 0 Å². The largest absolute Gasteiger partial charge is 0.383 e. The Labute approximate surface area is 162 Å². The lowest BCUT2D eigenvalue weighted by Gasteiger charge is -2.41. The van der Waals surface area contributed by atoms with Gasteiger partial charge in [0.2, 0.25) is 5.91 Å². The number of hydrogen-bond acceptors (Lipinski definition) is 4. The van der Waals surface area contributed by atoms with Crippen molar-refractivity contribution < 1.29 is 9.53 Å². The van der Waals surface area contributed by atoms with E-state index in [-0.39, 0.29) is 17.9 Å². The summed E-state index contributed by atoms with van der Waals surface area (Å²) in [6.07, 6.45) is 5.52. The number of ether oxygens (including phenoxy) is 1. The van der Waals surface area contributed by atoms with Crippen molar-refractivity contribution in [3.8, 4) is 0 Å². The SMILES string of the molecule is COC[C@@H]1[C@H](C(=O)N(C)Cc2cccnc2)CCCN1Cc1ccccc1. The highest BCUT2D eigenvalue weighted by molar-refractivity contribution is 5.79. The van der Waals surface area contributed by atoms with Crippen molar-refractivity contribution in [2.75, 3.05) is 27.3 Å². The summed E-state index contributed by atoms with van der Waals surface area (Å²) in [5.41, 5.74) is 2.32. The Morgan fingerprint density at radius 2 is 2.00 bits per heavy atom. The molecule has 2 heterocycles. The van der Waals surface area contributed by atoms with Crippen LogP contribution in [-0.4, -0.2) is 54.0 Å². The minimum atomic E-state index is -0.0379. The van der Waals surface area contributed by atoms with Crippen LogP contribution in [0.25, 0.3) is 0 Å². The number of aromatic nitrogens is 1. The molecule has 1 saturated heterocycles. The van der Waals surface area contributed by atoms with E-state index in [4.69, 9.17) is 4.74 Å². The maximum absolute atomic E-state index is 13.2. The Bertz CT molecular complexity index is 708. The summed E-state index contributed by atoms with van der Waals surface area (Å²) in [5.74, 6) is 0.155. The van der Waals surface area contributed by atoms with E-state index in [0.29, 0.717) is 13.2 Å². The fraction of sp³-hybridized carbons (Fsp3) is 0.455. The topological polar surface area (TPSA) is 45.7 Å². The summed E-state index contributed by atoms with van der Waals surface area (Å²) in [4.78, 5) is 21.6. The molecule has 5 heteroatoms. The Balaban J connectivity index is 1.70. The van der Waals surface area contributed by atoms with E-state index in [1.807, 2.05) is 36.3 Å². The summed E-state index contributed by atoms with van der Waals surface area (Å²) in [6.45, 7) is 3.01. The van der Waals surface area contributed by atoms with Gasteiger partial charge in [0, 0.05) is 45.7 Å². The molecule has 144 valence electrons. The molecular weight excluding hydrogens is 338 g/mol. The fourth-order valence-corrected chi connectivity index (χ4v) is 3.95. The van der Waals surface area contributed by atoms with E-state index >= 15 is 0 Å². The number of carbonyl (C=O) groups excluding carboxylic acids is 1. The van der Waals surface area contributed by atoms with Crippen LogP contribution in [0, 0.1) is 5.92 Å². The van der Waals surface area contributed by atoms with Crippen LogP contribution in [0.5, 0.6) is 0 Å². The van der Waals surface area contributed by atoms with Gasteiger partial charge in [0.15, 0.2) is 0 Å². The Hall–Kier alpha value is -2.24. The number of benzene rings is 1. The third kappa shape index (κ3) is 5.15. The maximum atomic E-state index is 13.2. The van der Waals surface area contributed by atoms with Crippen LogP contribution in [0.1, 0.15) is 24.0 Å². The van der Waals surface area contributed by atoms with Gasteiger partial charge < -0.3 is 9.64 Å². The molecule has 1 aliphatic heterocycles. The number of hydrogen-bond donors (Lipinski definition) is 0. The standard InChI is InChI=1S/C22H29N3O2/c1-24(15-19-10-6-12-23-14-19)22(26)20-11-7-13-25(21(20)17-27-2)16-18-8-4-3-5-9-18/h3-6,8-10,12,14,20-21H,7,11,13,15-17H2,1-2H3/t20-,21-/m1/s1. The van der Waals surface area contributed by atoms with E-state index in [2.05, 4.69) is 34.1 Å². The van der Waals surface area contributed by atoms with Crippen LogP contribution in [-0.2, 0) is 22.6 Å². The van der Waals surface area contributed by atoms with Crippen LogP contribution < -0.4 is 0 Å². The first-order valence-corrected chi connectivity index (χ1v) is 9.60. The summed E-state index contributed by atoms with van der Waals surface area (Å²) < 4.78 is 5.51. The summed E-state index contributed by atoms with van der Waals surface area (Å²) in [5, 5.41) is 0. The molecule has 0 unspecified atom stereocenters. The average molecular weight is 367 g/mol. The predicted molar refractivity (Wildman–Crippen MR) is 106 cm³/mol. The van der Waals surface area contributed by atoms with Gasteiger partial charge in [0.05, 0.1) is 12.5 Å². The Kier molecular flexibility index (Phi) is 6.96. The summed E-state index contributed by atoms with van der Waals surface area (Å²) in [6, 6.07) is 14.5. The molecule has 0 saturated carbocycles. The molecule has 2 atom stereocenters. The van der Waals surface area contributed by atoms with E-state index in [9.17, 15) is 4.79 Å². The van der Waals surface area contributed by atoms with Gasteiger partial charge in [-0.15, -0.1) is 0 Å². The maximum Gasteiger partial charge on any atom is 0.227 e. The molecule has 1 amide bonds. The molecule has 0 N–H and O–H groups in total. The molecule has 3 rings (SSSR count). The molecular formula is C22H29N3O2. The minimum absolute atomic E-state index is 0.0379. The van der Waals surface area contributed by atoms with Crippen molar-refractivity contribution in [3.63, 3.8) is 0 Å². The first-order valence-electron chi connectivity index (χ1n) is 9.60. The van der Waals surface area contributed by atoms with Gasteiger partial charge in [-0.1, -0.05) is 36.4 Å². The molecule has 2 aromatic rings. The molecule has 1 fully saturated rings. The highest BCUT2D eigenvalue weighted by atomic mass is 16.5. The summed E-state index contributed by atoms with van der Waals surface area (Å²) in [7, 11) is 3.60. The van der Waals surface area contributed by atoms with Gasteiger partial charge in [-0.3, -0.25) is 14.7 Å². The van der Waals surface area contributed by atoms with Gasteiger partial charge in [-0.2, -0.15) is 0 Å². The zero-order chi connectivity index (χ0) is 19.1. The number of likely N-dealkylation sites (tertiary alicyclic amines) is 1. The number of nitrogens with zero attached hydrogens (tertiary/aromatic N) is 3. The van der Waals surface area contributed by atoms with Gasteiger partial charge in [0.1, 0.15) is 0 Å². The van der Waals surface area contributed by atoms with E-state index < -0.39 is 0 Å². The third-order valence-electron chi connectivity index (χ3n) is 5.30. The molecule has 27 heavy (non-hydrogen) atoms. The van der Waals surface area contributed by atoms with E-state index in [1.54, 1.807) is 13.3 Å². The van der Waals surface area contributed by atoms with Crippen molar-refractivity contribution in [1.29, 1.82) is 0 Å². The minimum Gasteiger partial charge on any atom is -0.383 e. The Morgan fingerprint density at radius 3 is 2.70 bits per heavy atom. The number of piperidine rings is 1. The van der Waals surface area contributed by atoms with Gasteiger partial charge in [0.25, 0.3) is 0 Å². The molecule has 1 aliphatic rings. The lowest BCUT2D eigenvalue weighted by Crippen LogP contribution is -2.52. The van der Waals surface area contributed by atoms with Crippen molar-refractivity contribution >= 4 is 5.91 Å². The zero-order valence-corrected chi connectivity index (χ0v) is 16.3. The van der Waals surface area contributed by atoms with Crippen LogP contribution >= 0.6 is 0 Å². The van der Waals surface area contributed by atoms with E-state index in [0.717, 1.165) is 31.5 Å². The smallest absolute Gasteiger partial charge is 0.227 e. The van der Waals surface area contributed by atoms with Gasteiger partial charge in [-0.05, 0) is 36.6 Å². The quantitative estimate of drug-likeness (QED) is 0.755. The molecule has 1 aromatic heterocycles. The summed E-state index contributed by atoms with van der Waals surface area (Å²) >= 11 is 0. The van der Waals surface area contributed by atoms with Gasteiger partial charge in [-0.25, -0.2) is 0 Å². The highest BCUT2D eigenvalue weighted by Crippen LogP contribution is 2.27. The van der Waals surface area contributed by atoms with Crippen molar-refractivity contribution in [2.45, 2.75) is 32.0 Å². The van der Waals surface area contributed by atoms with Crippen LogP contribution in [0.15, 0.2) is 54.9 Å². The normalized spacial score (nSPS) is 20.4. The van der Waals surface area contributed by atoms with E-state index in [1.165, 1.54) is 5.56 Å². The number of rotatable bonds is 7. The number of pyridine rings is 1. The second-order valence-corrected chi connectivity index (χ2v) is 7.28. The Morgan fingerprint density at radius 1 is 1.22 bits per heavy atom. The molecule has 1 aromatic carbocycles. The molecule has 0 radical (unpaired) electrons. The predicted octanol–water partition coefficient (Wildman–Crippen LogP) is 2.97. The zero-order valence-electron chi connectivity index (χ0n) is 16.3. The lowest BCUT2D eigenvalue weighted by molar-refractivity contribution is -0.140. The van der Waals surface area contributed by atoms with Crippen molar-refractivity contribution in [1.82, 2.24) is 14.8 Å². The first-order chi connectivity index (χ1) is 13.2. The molecule has 0 bridgehead atoms.